The van der Waals surface area contributed by atoms with E-state index in [1.165, 1.54) is 11.3 Å². The lowest BCUT2D eigenvalue weighted by atomic mass is 10.1. The smallest absolute Gasteiger partial charge is 0.251 e. The quantitative estimate of drug-likeness (QED) is 0.815. The molecule has 0 spiro atoms. The van der Waals surface area contributed by atoms with E-state index < -0.39 is 0 Å². The molecule has 0 atom stereocenters. The van der Waals surface area contributed by atoms with Crippen LogP contribution in [0.5, 0.6) is 0 Å². The minimum absolute atomic E-state index is 0.000772. The Hall–Kier alpha value is -1.59. The summed E-state index contributed by atoms with van der Waals surface area (Å²) >= 11 is 0. The van der Waals surface area contributed by atoms with Gasteiger partial charge in [0.25, 0.3) is 5.91 Å². The second kappa shape index (κ2) is 7.79. The van der Waals surface area contributed by atoms with E-state index >= 15 is 0 Å². The standard InChI is InChI=1S/C18H26N2O3/c1-20-9-5-14-3-4-15(13-17(14)20)18(21)19-8-2-10-23-16-6-11-22-12-7-16/h3-4,13,16H,2,5-12H2,1H3,(H,19,21). The first kappa shape index (κ1) is 16.3. The number of amides is 1. The highest BCUT2D eigenvalue weighted by Gasteiger charge is 2.17. The Kier molecular flexibility index (Phi) is 5.51. The van der Waals surface area contributed by atoms with E-state index in [-0.39, 0.29) is 5.91 Å². The molecule has 126 valence electrons. The number of benzene rings is 1. The number of likely N-dealkylation sites (N-methyl/N-ethyl adjacent to an activating group) is 1. The lowest BCUT2D eigenvalue weighted by Crippen LogP contribution is -2.27. The molecule has 1 aromatic rings. The zero-order valence-electron chi connectivity index (χ0n) is 13.8. The van der Waals surface area contributed by atoms with Gasteiger partial charge in [-0.2, -0.15) is 0 Å². The van der Waals surface area contributed by atoms with Crippen LogP contribution in [0.25, 0.3) is 0 Å². The van der Waals surface area contributed by atoms with Gasteiger partial charge in [-0.3, -0.25) is 4.79 Å². The molecule has 5 nitrogen and oxygen atoms in total. The Bertz CT molecular complexity index is 541. The summed E-state index contributed by atoms with van der Waals surface area (Å²) in [5.41, 5.74) is 3.25. The molecule has 1 amide bonds. The third-order valence-electron chi connectivity index (χ3n) is 4.60. The maximum atomic E-state index is 12.2. The average Bonchev–Trinajstić information content (AvgIpc) is 2.96. The van der Waals surface area contributed by atoms with Crippen LogP contribution in [0.3, 0.4) is 0 Å². The van der Waals surface area contributed by atoms with E-state index in [0.717, 1.165) is 51.0 Å². The van der Waals surface area contributed by atoms with Gasteiger partial charge in [0.2, 0.25) is 0 Å². The van der Waals surface area contributed by atoms with Gasteiger partial charge >= 0.3 is 0 Å². The van der Waals surface area contributed by atoms with Crippen molar-refractivity contribution in [2.45, 2.75) is 31.8 Å². The Morgan fingerprint density at radius 1 is 1.39 bits per heavy atom. The number of carbonyl (C=O) groups excluding carboxylic acids is 1. The summed E-state index contributed by atoms with van der Waals surface area (Å²) in [6.07, 6.45) is 4.20. The zero-order chi connectivity index (χ0) is 16.1. The molecule has 0 aromatic heterocycles. The Balaban J connectivity index is 1.39. The van der Waals surface area contributed by atoms with E-state index in [4.69, 9.17) is 9.47 Å². The van der Waals surface area contributed by atoms with Crippen LogP contribution < -0.4 is 10.2 Å². The van der Waals surface area contributed by atoms with Gasteiger partial charge in [0.05, 0.1) is 6.10 Å². The fourth-order valence-electron chi connectivity index (χ4n) is 3.15. The maximum absolute atomic E-state index is 12.2. The third kappa shape index (κ3) is 4.24. The van der Waals surface area contributed by atoms with Gasteiger partial charge in [-0.15, -0.1) is 0 Å². The summed E-state index contributed by atoms with van der Waals surface area (Å²) in [7, 11) is 2.07. The fourth-order valence-corrected chi connectivity index (χ4v) is 3.15. The summed E-state index contributed by atoms with van der Waals surface area (Å²) < 4.78 is 11.1. The fraction of sp³-hybridized carbons (Fsp3) is 0.611. The van der Waals surface area contributed by atoms with E-state index in [0.29, 0.717) is 19.3 Å². The molecule has 3 rings (SSSR count). The van der Waals surface area contributed by atoms with Crippen LogP contribution in [-0.2, 0) is 15.9 Å². The first-order valence-corrected chi connectivity index (χ1v) is 8.55. The van der Waals surface area contributed by atoms with E-state index in [1.54, 1.807) is 0 Å². The van der Waals surface area contributed by atoms with Crippen molar-refractivity contribution in [1.29, 1.82) is 0 Å². The second-order valence-corrected chi connectivity index (χ2v) is 6.31. The highest BCUT2D eigenvalue weighted by atomic mass is 16.5. The number of hydrogen-bond donors (Lipinski definition) is 1. The van der Waals surface area contributed by atoms with Crippen LogP contribution in [0.1, 0.15) is 35.2 Å². The Labute approximate surface area is 137 Å². The van der Waals surface area contributed by atoms with Crippen LogP contribution in [0.15, 0.2) is 18.2 Å². The molecule has 1 saturated heterocycles. The number of nitrogens with one attached hydrogen (secondary N) is 1. The molecule has 5 heteroatoms. The van der Waals surface area contributed by atoms with Crippen LogP contribution in [0.2, 0.25) is 0 Å². The van der Waals surface area contributed by atoms with Gasteiger partial charge in [-0.1, -0.05) is 6.07 Å². The number of nitrogens with zero attached hydrogens (tertiary/aromatic N) is 1. The number of ether oxygens (including phenoxy) is 2. The Morgan fingerprint density at radius 2 is 2.22 bits per heavy atom. The van der Waals surface area contributed by atoms with Crippen molar-refractivity contribution in [3.63, 3.8) is 0 Å². The van der Waals surface area contributed by atoms with Gasteiger partial charge < -0.3 is 19.7 Å². The highest BCUT2D eigenvalue weighted by Crippen LogP contribution is 2.27. The van der Waals surface area contributed by atoms with Gasteiger partial charge in [0.1, 0.15) is 0 Å². The normalized spacial score (nSPS) is 18.0. The summed E-state index contributed by atoms with van der Waals surface area (Å²) in [6.45, 7) is 3.97. The van der Waals surface area contributed by atoms with Crippen molar-refractivity contribution in [3.05, 3.63) is 29.3 Å². The monoisotopic (exact) mass is 318 g/mol. The van der Waals surface area contributed by atoms with Crippen molar-refractivity contribution in [3.8, 4) is 0 Å². The van der Waals surface area contributed by atoms with Crippen molar-refractivity contribution < 1.29 is 14.3 Å². The number of rotatable bonds is 6. The maximum Gasteiger partial charge on any atom is 0.251 e. The SMILES string of the molecule is CN1CCc2ccc(C(=O)NCCCOC3CCOCC3)cc21. The number of hydrogen-bond acceptors (Lipinski definition) is 4. The topological polar surface area (TPSA) is 50.8 Å². The van der Waals surface area contributed by atoms with Gasteiger partial charge in [-0.05, 0) is 43.4 Å². The summed E-state index contributed by atoms with van der Waals surface area (Å²) in [4.78, 5) is 14.4. The molecule has 1 aromatic carbocycles. The van der Waals surface area contributed by atoms with Crippen molar-refractivity contribution in [1.82, 2.24) is 5.32 Å². The number of carbonyl (C=O) groups is 1. The first-order chi connectivity index (χ1) is 11.2. The number of fused-ring (bicyclic) bond motifs is 1. The van der Waals surface area contributed by atoms with Gasteiger partial charge in [0, 0.05) is 51.2 Å². The molecule has 1 N–H and O–H groups in total. The number of anilines is 1. The molecule has 2 heterocycles. The summed E-state index contributed by atoms with van der Waals surface area (Å²) in [6, 6.07) is 5.99. The van der Waals surface area contributed by atoms with Gasteiger partial charge in [0.15, 0.2) is 0 Å². The minimum atomic E-state index is -0.000772. The first-order valence-electron chi connectivity index (χ1n) is 8.55. The molecule has 0 aliphatic carbocycles. The molecule has 0 saturated carbocycles. The lowest BCUT2D eigenvalue weighted by molar-refractivity contribution is -0.0321. The zero-order valence-corrected chi connectivity index (χ0v) is 13.8. The Morgan fingerprint density at radius 3 is 3.04 bits per heavy atom. The highest BCUT2D eigenvalue weighted by molar-refractivity contribution is 5.95. The molecule has 2 aliphatic heterocycles. The molecule has 0 bridgehead atoms. The summed E-state index contributed by atoms with van der Waals surface area (Å²) in [5.74, 6) is -0.000772. The predicted octanol–water partition coefficient (Wildman–Crippen LogP) is 1.99. The van der Waals surface area contributed by atoms with E-state index in [2.05, 4.69) is 23.3 Å². The summed E-state index contributed by atoms with van der Waals surface area (Å²) in [5, 5.41) is 2.98. The molecule has 0 unspecified atom stereocenters. The van der Waals surface area contributed by atoms with Gasteiger partial charge in [-0.25, -0.2) is 0 Å². The van der Waals surface area contributed by atoms with Crippen molar-refractivity contribution in [2.24, 2.45) is 0 Å². The van der Waals surface area contributed by atoms with Crippen molar-refractivity contribution in [2.75, 3.05) is 44.9 Å². The van der Waals surface area contributed by atoms with Crippen molar-refractivity contribution >= 4 is 11.6 Å². The van der Waals surface area contributed by atoms with E-state index in [9.17, 15) is 4.79 Å². The largest absolute Gasteiger partial charge is 0.381 e. The van der Waals surface area contributed by atoms with Crippen LogP contribution in [0, 0.1) is 0 Å². The molecular weight excluding hydrogens is 292 g/mol. The average molecular weight is 318 g/mol. The molecule has 2 aliphatic rings. The minimum Gasteiger partial charge on any atom is -0.381 e. The van der Waals surface area contributed by atoms with Crippen LogP contribution in [-0.4, -0.2) is 52.0 Å². The molecule has 0 radical (unpaired) electrons. The predicted molar refractivity (Wildman–Crippen MR) is 90.2 cm³/mol. The molecular formula is C18H26N2O3. The van der Waals surface area contributed by atoms with E-state index in [1.807, 2.05) is 12.1 Å². The molecule has 23 heavy (non-hydrogen) atoms. The molecule has 1 fully saturated rings. The van der Waals surface area contributed by atoms with Crippen LogP contribution >= 0.6 is 0 Å². The second-order valence-electron chi connectivity index (χ2n) is 6.31. The third-order valence-corrected chi connectivity index (χ3v) is 4.60. The lowest BCUT2D eigenvalue weighted by Gasteiger charge is -2.22. The van der Waals surface area contributed by atoms with Crippen LogP contribution in [0.4, 0.5) is 5.69 Å².